The Bertz CT molecular complexity index is 939. The van der Waals surface area contributed by atoms with Crippen LogP contribution < -0.4 is 5.14 Å². The summed E-state index contributed by atoms with van der Waals surface area (Å²) in [5.41, 5.74) is 3.25. The van der Waals surface area contributed by atoms with Crippen LogP contribution in [0.2, 0.25) is 5.02 Å². The Morgan fingerprint density at radius 3 is 2.38 bits per heavy atom. The second kappa shape index (κ2) is 6.63. The lowest BCUT2D eigenvalue weighted by atomic mass is 9.99. The number of sulfonamides is 1. The van der Waals surface area contributed by atoms with Gasteiger partial charge in [-0.25, -0.2) is 17.9 Å². The van der Waals surface area contributed by atoms with Crippen LogP contribution in [0.3, 0.4) is 0 Å². The van der Waals surface area contributed by atoms with Crippen molar-refractivity contribution in [1.29, 1.82) is 0 Å². The molecule has 0 heterocycles. The molecule has 3 rings (SSSR count). The van der Waals surface area contributed by atoms with E-state index in [1.54, 1.807) is 18.2 Å². The molecule has 1 fully saturated rings. The third kappa shape index (κ3) is 3.66. The highest BCUT2D eigenvalue weighted by Crippen LogP contribution is 2.66. The number of hydrogen-bond acceptors (Lipinski definition) is 2. The molecule has 0 unspecified atom stereocenters. The van der Waals surface area contributed by atoms with Crippen molar-refractivity contribution in [2.45, 2.75) is 44.4 Å². The van der Waals surface area contributed by atoms with Crippen LogP contribution in [-0.4, -0.2) is 8.42 Å². The summed E-state index contributed by atoms with van der Waals surface area (Å²) in [6.45, 7) is 6.34. The van der Waals surface area contributed by atoms with Crippen molar-refractivity contribution in [3.63, 3.8) is 0 Å². The predicted molar refractivity (Wildman–Crippen MR) is 102 cm³/mol. The molecule has 2 atom stereocenters. The standard InChI is InChI=1S/C20H23ClFNO2S/c1-12-10-18(22)17(21)11-14(12)6-9-16-19(20(16,2)3)13-4-7-15(8-5-13)26(23,24)25/h4-5,7-8,10-11,16,19H,6,9H2,1-3H3,(H2,23,24,25)/t16-,19-/m1/s1. The minimum absolute atomic E-state index is 0.132. The summed E-state index contributed by atoms with van der Waals surface area (Å²) in [5.74, 6) is 0.465. The Hall–Kier alpha value is -1.43. The van der Waals surface area contributed by atoms with Gasteiger partial charge in [-0.15, -0.1) is 0 Å². The van der Waals surface area contributed by atoms with E-state index in [0.717, 1.165) is 29.5 Å². The Balaban J connectivity index is 1.73. The summed E-state index contributed by atoms with van der Waals surface area (Å²) in [5, 5.41) is 5.33. The van der Waals surface area contributed by atoms with Crippen molar-refractivity contribution in [1.82, 2.24) is 0 Å². The number of nitrogens with two attached hydrogens (primary N) is 1. The zero-order chi connectivity index (χ0) is 19.3. The second-order valence-electron chi connectivity index (χ2n) is 7.75. The van der Waals surface area contributed by atoms with Gasteiger partial charge in [-0.2, -0.15) is 0 Å². The molecular weight excluding hydrogens is 373 g/mol. The smallest absolute Gasteiger partial charge is 0.225 e. The van der Waals surface area contributed by atoms with E-state index >= 15 is 0 Å². The number of aryl methyl sites for hydroxylation is 2. The molecular formula is C20H23ClFNO2S. The monoisotopic (exact) mass is 395 g/mol. The molecule has 26 heavy (non-hydrogen) atoms. The lowest BCUT2D eigenvalue weighted by Crippen LogP contribution is -2.11. The van der Waals surface area contributed by atoms with Crippen molar-refractivity contribution in [3.8, 4) is 0 Å². The first-order valence-corrected chi connectivity index (χ1v) is 10.5. The Morgan fingerprint density at radius 1 is 1.19 bits per heavy atom. The van der Waals surface area contributed by atoms with Gasteiger partial charge in [0.05, 0.1) is 9.92 Å². The van der Waals surface area contributed by atoms with Crippen molar-refractivity contribution in [2.24, 2.45) is 16.5 Å². The van der Waals surface area contributed by atoms with Gasteiger partial charge < -0.3 is 0 Å². The van der Waals surface area contributed by atoms with Crippen LogP contribution in [0.5, 0.6) is 0 Å². The van der Waals surface area contributed by atoms with Gasteiger partial charge in [-0.3, -0.25) is 0 Å². The van der Waals surface area contributed by atoms with E-state index in [1.807, 2.05) is 19.1 Å². The largest absolute Gasteiger partial charge is 0.238 e. The molecule has 2 aromatic rings. The Labute approximate surface area is 159 Å². The van der Waals surface area contributed by atoms with E-state index in [0.29, 0.717) is 11.8 Å². The summed E-state index contributed by atoms with van der Waals surface area (Å²) < 4.78 is 36.3. The van der Waals surface area contributed by atoms with E-state index in [1.165, 1.54) is 6.07 Å². The molecule has 1 aliphatic carbocycles. The van der Waals surface area contributed by atoms with Crippen LogP contribution in [-0.2, 0) is 16.4 Å². The summed E-state index contributed by atoms with van der Waals surface area (Å²) in [6, 6.07) is 10.1. The Morgan fingerprint density at radius 2 is 1.81 bits per heavy atom. The van der Waals surface area contributed by atoms with E-state index in [9.17, 15) is 12.8 Å². The molecule has 0 spiro atoms. The highest BCUT2D eigenvalue weighted by atomic mass is 35.5. The first-order valence-electron chi connectivity index (χ1n) is 8.59. The maximum atomic E-state index is 13.5. The van der Waals surface area contributed by atoms with E-state index in [-0.39, 0.29) is 21.2 Å². The third-order valence-electron chi connectivity index (χ3n) is 5.72. The molecule has 2 N–H and O–H groups in total. The van der Waals surface area contributed by atoms with E-state index in [2.05, 4.69) is 13.8 Å². The lowest BCUT2D eigenvalue weighted by molar-refractivity contribution is 0.529. The van der Waals surface area contributed by atoms with E-state index in [4.69, 9.17) is 16.7 Å². The van der Waals surface area contributed by atoms with Crippen molar-refractivity contribution in [2.75, 3.05) is 0 Å². The number of halogens is 2. The van der Waals surface area contributed by atoms with E-state index < -0.39 is 10.0 Å². The summed E-state index contributed by atoms with van der Waals surface area (Å²) in [7, 11) is -3.67. The Kier molecular flexibility index (Phi) is 4.93. The van der Waals surface area contributed by atoms with Crippen molar-refractivity contribution in [3.05, 3.63) is 63.9 Å². The number of benzene rings is 2. The zero-order valence-corrected chi connectivity index (χ0v) is 16.7. The normalized spacial score (nSPS) is 21.6. The molecule has 0 saturated heterocycles. The van der Waals surface area contributed by atoms with Crippen LogP contribution in [0.25, 0.3) is 0 Å². The quantitative estimate of drug-likeness (QED) is 0.789. The molecule has 3 nitrogen and oxygen atoms in total. The molecule has 0 aromatic heterocycles. The van der Waals surface area contributed by atoms with Crippen molar-refractivity contribution < 1.29 is 12.8 Å². The van der Waals surface area contributed by atoms with Crippen LogP contribution in [0, 0.1) is 24.1 Å². The SMILES string of the molecule is Cc1cc(F)c(Cl)cc1CC[C@@H]1[C@@H](c2ccc(S(N)(=O)=O)cc2)C1(C)C. The van der Waals surface area contributed by atoms with Crippen LogP contribution in [0.4, 0.5) is 4.39 Å². The molecule has 6 heteroatoms. The summed E-state index contributed by atoms with van der Waals surface area (Å²) >= 11 is 5.91. The average Bonchev–Trinajstić information content (AvgIpc) is 3.10. The summed E-state index contributed by atoms with van der Waals surface area (Å²) in [6.07, 6.45) is 1.81. The number of hydrogen-bond donors (Lipinski definition) is 1. The zero-order valence-electron chi connectivity index (χ0n) is 15.1. The van der Waals surface area contributed by atoms with Crippen LogP contribution in [0.15, 0.2) is 41.3 Å². The predicted octanol–water partition coefficient (Wildman–Crippen LogP) is 4.81. The van der Waals surface area contributed by atoms with Crippen LogP contribution in [0.1, 0.15) is 42.9 Å². The van der Waals surface area contributed by atoms with Gasteiger partial charge in [0, 0.05) is 0 Å². The second-order valence-corrected chi connectivity index (χ2v) is 9.72. The van der Waals surface area contributed by atoms with Gasteiger partial charge in [-0.05, 0) is 78.0 Å². The molecule has 0 bridgehead atoms. The average molecular weight is 396 g/mol. The van der Waals surface area contributed by atoms with Gasteiger partial charge in [-0.1, -0.05) is 37.6 Å². The molecule has 1 aliphatic rings. The van der Waals surface area contributed by atoms with Gasteiger partial charge >= 0.3 is 0 Å². The number of primary sulfonamides is 1. The molecule has 0 aliphatic heterocycles. The minimum Gasteiger partial charge on any atom is -0.225 e. The highest BCUT2D eigenvalue weighted by molar-refractivity contribution is 7.89. The highest BCUT2D eigenvalue weighted by Gasteiger charge is 2.57. The molecule has 140 valence electrons. The molecule has 0 amide bonds. The molecule has 2 aromatic carbocycles. The van der Waals surface area contributed by atoms with Crippen molar-refractivity contribution >= 4 is 21.6 Å². The first-order chi connectivity index (χ1) is 12.0. The maximum Gasteiger partial charge on any atom is 0.238 e. The topological polar surface area (TPSA) is 60.2 Å². The van der Waals surface area contributed by atoms with Gasteiger partial charge in [0.2, 0.25) is 10.0 Å². The van der Waals surface area contributed by atoms with Gasteiger partial charge in [0.25, 0.3) is 0 Å². The first kappa shape index (κ1) is 19.3. The maximum absolute atomic E-state index is 13.5. The fourth-order valence-corrected chi connectivity index (χ4v) is 4.78. The van der Waals surface area contributed by atoms with Gasteiger partial charge in [0.1, 0.15) is 5.82 Å². The molecule has 0 radical (unpaired) electrons. The fraction of sp³-hybridized carbons (Fsp3) is 0.400. The minimum atomic E-state index is -3.67. The fourth-order valence-electron chi connectivity index (χ4n) is 4.08. The summed E-state index contributed by atoms with van der Waals surface area (Å²) in [4.78, 5) is 0.132. The molecule has 1 saturated carbocycles. The third-order valence-corrected chi connectivity index (χ3v) is 6.94. The number of rotatable bonds is 5. The van der Waals surface area contributed by atoms with Gasteiger partial charge in [0.15, 0.2) is 0 Å². The lowest BCUT2D eigenvalue weighted by Gasteiger charge is -2.08. The van der Waals surface area contributed by atoms with Crippen LogP contribution >= 0.6 is 11.6 Å².